The van der Waals surface area contributed by atoms with Crippen molar-refractivity contribution in [1.29, 1.82) is 0 Å². The zero-order valence-electron chi connectivity index (χ0n) is 13.5. The summed E-state index contributed by atoms with van der Waals surface area (Å²) >= 11 is 0. The van der Waals surface area contributed by atoms with Gasteiger partial charge in [-0.05, 0) is 18.6 Å². The maximum Gasteiger partial charge on any atom is 0.266 e. The molecule has 0 radical (unpaired) electrons. The van der Waals surface area contributed by atoms with Crippen molar-refractivity contribution in [3.8, 4) is 5.75 Å². The van der Waals surface area contributed by atoms with Crippen LogP contribution in [-0.2, 0) is 14.4 Å². The van der Waals surface area contributed by atoms with Crippen LogP contribution >= 0.6 is 0 Å². The number of ketones is 1. The number of amides is 4. The first kappa shape index (κ1) is 16.8. The van der Waals surface area contributed by atoms with Crippen molar-refractivity contribution < 1.29 is 28.7 Å². The second kappa shape index (κ2) is 6.46. The van der Waals surface area contributed by atoms with Crippen LogP contribution in [0.1, 0.15) is 46.9 Å². The number of carbonyl (C=O) groups excluding carboxylic acids is 5. The number of fused-ring (bicyclic) bond motifs is 1. The lowest BCUT2D eigenvalue weighted by molar-refractivity contribution is -0.136. The molecule has 25 heavy (non-hydrogen) atoms. The number of piperidine rings is 1. The molecule has 1 unspecified atom stereocenters. The van der Waals surface area contributed by atoms with E-state index in [9.17, 15) is 24.0 Å². The van der Waals surface area contributed by atoms with Gasteiger partial charge in [0.2, 0.25) is 11.8 Å². The van der Waals surface area contributed by atoms with E-state index in [1.807, 2.05) is 0 Å². The van der Waals surface area contributed by atoms with E-state index >= 15 is 0 Å². The second-order valence-electron chi connectivity index (χ2n) is 5.81. The Morgan fingerprint density at radius 2 is 2.00 bits per heavy atom. The van der Waals surface area contributed by atoms with Crippen LogP contribution in [0.15, 0.2) is 18.2 Å². The molecule has 1 aromatic carbocycles. The molecule has 130 valence electrons. The van der Waals surface area contributed by atoms with Crippen LogP contribution in [0.3, 0.4) is 0 Å². The minimum atomic E-state index is -1.03. The van der Waals surface area contributed by atoms with Gasteiger partial charge in [-0.2, -0.15) is 0 Å². The zero-order valence-corrected chi connectivity index (χ0v) is 13.5. The molecule has 3 rings (SSSR count). The van der Waals surface area contributed by atoms with E-state index in [2.05, 4.69) is 5.32 Å². The number of benzene rings is 1. The van der Waals surface area contributed by atoms with Crippen molar-refractivity contribution >= 4 is 29.4 Å². The number of carbonyl (C=O) groups is 5. The molecule has 0 saturated carbocycles. The van der Waals surface area contributed by atoms with E-state index in [1.54, 1.807) is 13.0 Å². The largest absolute Gasteiger partial charge is 0.485 e. The molecular formula is C17H16N2O6. The van der Waals surface area contributed by atoms with Crippen LogP contribution < -0.4 is 10.1 Å². The first-order valence-corrected chi connectivity index (χ1v) is 7.93. The van der Waals surface area contributed by atoms with Gasteiger partial charge in [0, 0.05) is 12.8 Å². The number of nitrogens with one attached hydrogen (secondary N) is 1. The number of hydrogen-bond donors (Lipinski definition) is 1. The van der Waals surface area contributed by atoms with Gasteiger partial charge >= 0.3 is 0 Å². The Hall–Kier alpha value is -3.03. The molecule has 0 bridgehead atoms. The third-order valence-electron chi connectivity index (χ3n) is 4.21. The van der Waals surface area contributed by atoms with Crippen LogP contribution in [0.5, 0.6) is 5.75 Å². The van der Waals surface area contributed by atoms with Crippen LogP contribution in [-0.4, -0.2) is 47.0 Å². The fraction of sp³-hybridized carbons (Fsp3) is 0.353. The third kappa shape index (κ3) is 2.90. The maximum atomic E-state index is 12.7. The number of hydrogen-bond acceptors (Lipinski definition) is 6. The molecule has 1 N–H and O–H groups in total. The lowest BCUT2D eigenvalue weighted by Crippen LogP contribution is -2.54. The molecule has 4 amide bonds. The van der Waals surface area contributed by atoms with Gasteiger partial charge in [-0.15, -0.1) is 0 Å². The topological polar surface area (TPSA) is 110 Å². The molecule has 1 atom stereocenters. The summed E-state index contributed by atoms with van der Waals surface area (Å²) in [6.45, 7) is 1.49. The van der Waals surface area contributed by atoms with Gasteiger partial charge in [0.05, 0.1) is 11.1 Å². The predicted molar refractivity (Wildman–Crippen MR) is 83.9 cm³/mol. The van der Waals surface area contributed by atoms with Crippen molar-refractivity contribution in [3.05, 3.63) is 29.3 Å². The molecule has 8 nitrogen and oxygen atoms in total. The van der Waals surface area contributed by atoms with Crippen LogP contribution in [0.2, 0.25) is 0 Å². The Balaban J connectivity index is 1.90. The third-order valence-corrected chi connectivity index (χ3v) is 4.21. The minimum Gasteiger partial charge on any atom is -0.485 e. The highest BCUT2D eigenvalue weighted by atomic mass is 16.5. The van der Waals surface area contributed by atoms with E-state index < -0.39 is 29.7 Å². The van der Waals surface area contributed by atoms with Gasteiger partial charge in [-0.3, -0.25) is 34.2 Å². The van der Waals surface area contributed by atoms with Crippen molar-refractivity contribution in [1.82, 2.24) is 10.2 Å². The van der Waals surface area contributed by atoms with Crippen LogP contribution in [0.4, 0.5) is 0 Å². The summed E-state index contributed by atoms with van der Waals surface area (Å²) in [5.41, 5.74) is 0.164. The molecule has 0 spiro atoms. The van der Waals surface area contributed by atoms with E-state index in [4.69, 9.17) is 4.74 Å². The quantitative estimate of drug-likeness (QED) is 0.777. The normalized spacial score (nSPS) is 19.7. The first-order chi connectivity index (χ1) is 11.9. The van der Waals surface area contributed by atoms with Gasteiger partial charge < -0.3 is 4.74 Å². The SMILES string of the molecule is CCC(=O)COc1cccc2c1C(=O)N(C1CCC(=O)NC1=O)C2=O. The van der Waals surface area contributed by atoms with Crippen molar-refractivity contribution in [2.24, 2.45) is 0 Å². The summed E-state index contributed by atoms with van der Waals surface area (Å²) in [5, 5.41) is 2.14. The number of ether oxygens (including phenoxy) is 1. The Morgan fingerprint density at radius 1 is 1.24 bits per heavy atom. The highest BCUT2D eigenvalue weighted by Gasteiger charge is 2.45. The second-order valence-corrected chi connectivity index (χ2v) is 5.81. The van der Waals surface area contributed by atoms with E-state index in [0.29, 0.717) is 6.42 Å². The lowest BCUT2D eigenvalue weighted by Gasteiger charge is -2.27. The summed E-state index contributed by atoms with van der Waals surface area (Å²) in [6, 6.07) is 3.48. The average molecular weight is 344 g/mol. The Labute approximate surface area is 143 Å². The fourth-order valence-corrected chi connectivity index (χ4v) is 2.86. The number of Topliss-reactive ketones (excluding diaryl/α,β-unsaturated/α-hetero) is 1. The standard InChI is InChI=1S/C17H16N2O6/c1-2-9(20)8-25-12-5-3-4-10-14(12)17(24)19(16(10)23)11-6-7-13(21)18-15(11)22/h3-5,11H,2,6-8H2,1H3,(H,18,21,22). The van der Waals surface area contributed by atoms with Gasteiger partial charge in [0.1, 0.15) is 18.4 Å². The van der Waals surface area contributed by atoms with Gasteiger partial charge in [0.25, 0.3) is 11.8 Å². The summed E-state index contributed by atoms with van der Waals surface area (Å²) in [6.07, 6.45) is 0.434. The Morgan fingerprint density at radius 3 is 2.68 bits per heavy atom. The zero-order chi connectivity index (χ0) is 18.1. The van der Waals surface area contributed by atoms with Gasteiger partial charge in [-0.25, -0.2) is 0 Å². The molecule has 8 heteroatoms. The van der Waals surface area contributed by atoms with Crippen LogP contribution in [0, 0.1) is 0 Å². The fourth-order valence-electron chi connectivity index (χ4n) is 2.86. The maximum absolute atomic E-state index is 12.7. The molecular weight excluding hydrogens is 328 g/mol. The monoisotopic (exact) mass is 344 g/mol. The van der Waals surface area contributed by atoms with Crippen LogP contribution in [0.25, 0.3) is 0 Å². The molecule has 0 aromatic heterocycles. The van der Waals surface area contributed by atoms with Crippen molar-refractivity contribution in [2.45, 2.75) is 32.2 Å². The highest BCUT2D eigenvalue weighted by molar-refractivity contribution is 6.24. The Kier molecular flexibility index (Phi) is 4.35. The summed E-state index contributed by atoms with van der Waals surface area (Å²) in [7, 11) is 0. The molecule has 1 aromatic rings. The molecule has 2 aliphatic heterocycles. The lowest BCUT2D eigenvalue weighted by atomic mass is 10.0. The van der Waals surface area contributed by atoms with E-state index in [1.165, 1.54) is 12.1 Å². The molecule has 0 aliphatic carbocycles. The average Bonchev–Trinajstić information content (AvgIpc) is 2.85. The highest BCUT2D eigenvalue weighted by Crippen LogP contribution is 2.33. The minimum absolute atomic E-state index is 0.0427. The van der Waals surface area contributed by atoms with Crippen molar-refractivity contribution in [3.63, 3.8) is 0 Å². The molecule has 1 saturated heterocycles. The van der Waals surface area contributed by atoms with E-state index in [0.717, 1.165) is 4.90 Å². The number of imide groups is 2. The number of nitrogens with zero attached hydrogens (tertiary/aromatic N) is 1. The Bertz CT molecular complexity index is 800. The predicted octanol–water partition coefficient (Wildman–Crippen LogP) is 0.446. The molecule has 1 fully saturated rings. The molecule has 2 heterocycles. The first-order valence-electron chi connectivity index (χ1n) is 7.93. The summed E-state index contributed by atoms with van der Waals surface area (Å²) in [5.74, 6) is -2.38. The smallest absolute Gasteiger partial charge is 0.266 e. The van der Waals surface area contributed by atoms with E-state index in [-0.39, 0.29) is 42.1 Å². The van der Waals surface area contributed by atoms with Gasteiger partial charge in [-0.1, -0.05) is 13.0 Å². The molecule has 2 aliphatic rings. The summed E-state index contributed by atoms with van der Waals surface area (Å²) < 4.78 is 5.40. The van der Waals surface area contributed by atoms with Gasteiger partial charge in [0.15, 0.2) is 5.78 Å². The summed E-state index contributed by atoms with van der Waals surface area (Å²) in [4.78, 5) is 60.9. The van der Waals surface area contributed by atoms with Crippen molar-refractivity contribution in [2.75, 3.05) is 6.61 Å². The number of rotatable bonds is 5.